The molecule has 158 valence electrons. The van der Waals surface area contributed by atoms with E-state index in [1.54, 1.807) is 4.90 Å². The highest BCUT2D eigenvalue weighted by molar-refractivity contribution is 6.34. The first-order valence-corrected chi connectivity index (χ1v) is 10.9. The van der Waals surface area contributed by atoms with E-state index in [1.807, 2.05) is 13.0 Å². The summed E-state index contributed by atoms with van der Waals surface area (Å²) >= 11 is 6.55. The fourth-order valence-electron chi connectivity index (χ4n) is 4.25. The van der Waals surface area contributed by atoms with Crippen molar-refractivity contribution < 1.29 is 9.59 Å². The van der Waals surface area contributed by atoms with Gasteiger partial charge in [0.2, 0.25) is 11.8 Å². The van der Waals surface area contributed by atoms with Gasteiger partial charge in [-0.2, -0.15) is 0 Å². The molecule has 0 radical (unpaired) electrons. The standard InChI is InChI=1S/C23H27ClN4O2/c1-15-7-8-19-17(13-15)5-3-11-28(19)20-14-18(24)23(16(2)25-20)26-21(29)9-12-27-10-4-6-22(27)30/h7-8,13-14H,3-6,9-12H2,1-2H3,(H,26,29). The molecule has 0 saturated carbocycles. The number of rotatable bonds is 5. The summed E-state index contributed by atoms with van der Waals surface area (Å²) in [6.07, 6.45) is 3.83. The number of carbonyl (C=O) groups excluding carboxylic acids is 2. The predicted octanol–water partition coefficient (Wildman–Crippen LogP) is 4.39. The maximum Gasteiger partial charge on any atom is 0.226 e. The first-order valence-electron chi connectivity index (χ1n) is 10.5. The number of nitrogens with zero attached hydrogens (tertiary/aromatic N) is 3. The number of carbonyl (C=O) groups is 2. The molecule has 2 amide bonds. The summed E-state index contributed by atoms with van der Waals surface area (Å²) in [6.45, 7) is 6.02. The van der Waals surface area contributed by atoms with E-state index in [0.29, 0.717) is 29.4 Å². The third kappa shape index (κ3) is 4.29. The minimum Gasteiger partial charge on any atom is -0.342 e. The number of halogens is 1. The highest BCUT2D eigenvalue weighted by atomic mass is 35.5. The van der Waals surface area contributed by atoms with Crippen molar-refractivity contribution in [2.75, 3.05) is 29.9 Å². The van der Waals surface area contributed by atoms with E-state index in [0.717, 1.165) is 38.2 Å². The van der Waals surface area contributed by atoms with Crippen LogP contribution in [0.4, 0.5) is 17.2 Å². The summed E-state index contributed by atoms with van der Waals surface area (Å²) in [6, 6.07) is 8.31. The Balaban J connectivity index is 1.49. The highest BCUT2D eigenvalue weighted by Gasteiger charge is 2.23. The van der Waals surface area contributed by atoms with Gasteiger partial charge in [0, 0.05) is 44.2 Å². The maximum absolute atomic E-state index is 12.4. The van der Waals surface area contributed by atoms with E-state index in [2.05, 4.69) is 35.3 Å². The fraction of sp³-hybridized carbons (Fsp3) is 0.435. The molecule has 0 spiro atoms. The van der Waals surface area contributed by atoms with Crippen molar-refractivity contribution in [3.8, 4) is 0 Å². The molecule has 7 heteroatoms. The number of aryl methyl sites for hydroxylation is 3. The Morgan fingerprint density at radius 3 is 2.70 bits per heavy atom. The molecule has 0 unspecified atom stereocenters. The average Bonchev–Trinajstić information content (AvgIpc) is 3.13. The largest absolute Gasteiger partial charge is 0.342 e. The second-order valence-corrected chi connectivity index (χ2v) is 8.50. The van der Waals surface area contributed by atoms with Crippen LogP contribution in [0.1, 0.15) is 42.5 Å². The van der Waals surface area contributed by atoms with Gasteiger partial charge >= 0.3 is 0 Å². The summed E-state index contributed by atoms with van der Waals surface area (Å²) in [5.74, 6) is 0.760. The number of pyridine rings is 1. The van der Waals surface area contributed by atoms with Crippen molar-refractivity contribution in [2.45, 2.75) is 46.0 Å². The molecule has 1 N–H and O–H groups in total. The molecule has 2 aromatic rings. The molecule has 0 bridgehead atoms. The van der Waals surface area contributed by atoms with Gasteiger partial charge in [0.05, 0.1) is 16.4 Å². The van der Waals surface area contributed by atoms with Crippen LogP contribution in [0.25, 0.3) is 0 Å². The first-order chi connectivity index (χ1) is 14.4. The minimum absolute atomic E-state index is 0.125. The highest BCUT2D eigenvalue weighted by Crippen LogP contribution is 2.36. The van der Waals surface area contributed by atoms with Crippen LogP contribution < -0.4 is 10.2 Å². The summed E-state index contributed by atoms with van der Waals surface area (Å²) in [4.78, 5) is 32.8. The van der Waals surface area contributed by atoms with Gasteiger partial charge in [0.25, 0.3) is 0 Å². The lowest BCUT2D eigenvalue weighted by Crippen LogP contribution is -2.29. The van der Waals surface area contributed by atoms with E-state index < -0.39 is 0 Å². The van der Waals surface area contributed by atoms with Crippen molar-refractivity contribution in [1.82, 2.24) is 9.88 Å². The van der Waals surface area contributed by atoms with E-state index in [4.69, 9.17) is 16.6 Å². The molecule has 30 heavy (non-hydrogen) atoms. The van der Waals surface area contributed by atoms with Gasteiger partial charge in [-0.05, 0) is 44.7 Å². The van der Waals surface area contributed by atoms with Crippen LogP contribution in [0.2, 0.25) is 5.02 Å². The number of nitrogens with one attached hydrogen (secondary N) is 1. The summed E-state index contributed by atoms with van der Waals surface area (Å²) in [5.41, 5.74) is 4.97. The lowest BCUT2D eigenvalue weighted by molar-refractivity contribution is -0.128. The molecule has 1 saturated heterocycles. The summed E-state index contributed by atoms with van der Waals surface area (Å²) < 4.78 is 0. The van der Waals surface area contributed by atoms with Crippen molar-refractivity contribution in [3.63, 3.8) is 0 Å². The van der Waals surface area contributed by atoms with Gasteiger partial charge in [-0.3, -0.25) is 9.59 Å². The fourth-order valence-corrected chi connectivity index (χ4v) is 4.53. The smallest absolute Gasteiger partial charge is 0.226 e. The third-order valence-corrected chi connectivity index (χ3v) is 6.11. The zero-order valence-corrected chi connectivity index (χ0v) is 18.3. The lowest BCUT2D eigenvalue weighted by atomic mass is 9.99. The number of aromatic nitrogens is 1. The Kier molecular flexibility index (Phi) is 5.95. The zero-order chi connectivity index (χ0) is 21.3. The number of fused-ring (bicyclic) bond motifs is 1. The lowest BCUT2D eigenvalue weighted by Gasteiger charge is -2.31. The van der Waals surface area contributed by atoms with E-state index in [1.165, 1.54) is 16.8 Å². The van der Waals surface area contributed by atoms with Crippen molar-refractivity contribution >= 4 is 40.6 Å². The molecule has 3 heterocycles. The monoisotopic (exact) mass is 426 g/mol. The Bertz CT molecular complexity index is 968. The third-order valence-electron chi connectivity index (χ3n) is 5.81. The molecule has 1 fully saturated rings. The number of hydrogen-bond acceptors (Lipinski definition) is 4. The molecule has 0 aliphatic carbocycles. The zero-order valence-electron chi connectivity index (χ0n) is 17.5. The van der Waals surface area contributed by atoms with Crippen molar-refractivity contribution in [3.05, 3.63) is 46.1 Å². The molecule has 0 atom stereocenters. The summed E-state index contributed by atoms with van der Waals surface area (Å²) in [5, 5.41) is 3.36. The second-order valence-electron chi connectivity index (χ2n) is 8.09. The summed E-state index contributed by atoms with van der Waals surface area (Å²) in [7, 11) is 0. The molecule has 2 aliphatic rings. The van der Waals surface area contributed by atoms with Gasteiger partial charge in [-0.15, -0.1) is 0 Å². The van der Waals surface area contributed by atoms with Crippen LogP contribution >= 0.6 is 11.6 Å². The number of amides is 2. The minimum atomic E-state index is -0.159. The number of benzene rings is 1. The van der Waals surface area contributed by atoms with Gasteiger partial charge in [-0.25, -0.2) is 4.98 Å². The molecule has 4 rings (SSSR count). The van der Waals surface area contributed by atoms with Crippen LogP contribution in [0.3, 0.4) is 0 Å². The molecule has 1 aromatic heterocycles. The van der Waals surface area contributed by atoms with E-state index in [9.17, 15) is 9.59 Å². The van der Waals surface area contributed by atoms with Crippen molar-refractivity contribution in [1.29, 1.82) is 0 Å². The maximum atomic E-state index is 12.4. The van der Waals surface area contributed by atoms with Crippen molar-refractivity contribution in [2.24, 2.45) is 0 Å². The van der Waals surface area contributed by atoms with E-state index in [-0.39, 0.29) is 18.2 Å². The normalized spacial score (nSPS) is 16.0. The van der Waals surface area contributed by atoms with Crippen LogP contribution in [0.15, 0.2) is 24.3 Å². The molecule has 1 aromatic carbocycles. The number of hydrogen-bond donors (Lipinski definition) is 1. The Morgan fingerprint density at radius 2 is 1.97 bits per heavy atom. The number of anilines is 3. The second kappa shape index (κ2) is 8.64. The van der Waals surface area contributed by atoms with E-state index >= 15 is 0 Å². The van der Waals surface area contributed by atoms with Gasteiger partial charge in [0.15, 0.2) is 0 Å². The van der Waals surface area contributed by atoms with Gasteiger partial charge in [-0.1, -0.05) is 29.3 Å². The van der Waals surface area contributed by atoms with Crippen LogP contribution in [0.5, 0.6) is 0 Å². The average molecular weight is 427 g/mol. The Labute approximate surface area is 182 Å². The first kappa shape index (κ1) is 20.7. The topological polar surface area (TPSA) is 65.5 Å². The molecular formula is C23H27ClN4O2. The van der Waals surface area contributed by atoms with Crippen LogP contribution in [-0.4, -0.2) is 41.3 Å². The van der Waals surface area contributed by atoms with Crippen LogP contribution in [0, 0.1) is 13.8 Å². The number of likely N-dealkylation sites (tertiary alicyclic amines) is 1. The molecular weight excluding hydrogens is 400 g/mol. The molecule has 2 aliphatic heterocycles. The molecule has 6 nitrogen and oxygen atoms in total. The Morgan fingerprint density at radius 1 is 1.17 bits per heavy atom. The van der Waals surface area contributed by atoms with Gasteiger partial charge < -0.3 is 15.1 Å². The van der Waals surface area contributed by atoms with Gasteiger partial charge in [0.1, 0.15) is 5.82 Å². The predicted molar refractivity (Wildman–Crippen MR) is 120 cm³/mol. The Hall–Kier alpha value is -2.60. The van der Waals surface area contributed by atoms with Crippen LogP contribution in [-0.2, 0) is 16.0 Å². The quantitative estimate of drug-likeness (QED) is 0.770. The SMILES string of the molecule is Cc1ccc2c(c1)CCCN2c1cc(Cl)c(NC(=O)CCN2CCCC2=O)c(C)n1.